The predicted octanol–water partition coefficient (Wildman–Crippen LogP) is 3.71. The Morgan fingerprint density at radius 3 is 2.29 bits per heavy atom. The number of methoxy groups -OCH3 is 2. The minimum absolute atomic E-state index is 0.0739. The maximum Gasteiger partial charge on any atom is 0.250 e. The highest BCUT2D eigenvalue weighted by atomic mass is 32.2. The molecule has 8 nitrogen and oxygen atoms in total. The van der Waals surface area contributed by atoms with Crippen molar-refractivity contribution in [2.45, 2.75) is 11.4 Å². The van der Waals surface area contributed by atoms with Crippen LogP contribution < -0.4 is 24.8 Å². The summed E-state index contributed by atoms with van der Waals surface area (Å²) in [6.45, 7) is 0.191. The molecule has 0 heterocycles. The Kier molecular flexibility index (Phi) is 8.96. The average Bonchev–Trinajstić information content (AvgIpc) is 2.87. The van der Waals surface area contributed by atoms with Crippen LogP contribution in [-0.2, 0) is 21.4 Å². The number of ether oxygens (including phenoxy) is 2. The molecule has 0 aromatic heterocycles. The van der Waals surface area contributed by atoms with Gasteiger partial charge in [0.25, 0.3) is 0 Å². The van der Waals surface area contributed by atoms with E-state index < -0.39 is 15.9 Å². The van der Waals surface area contributed by atoms with Crippen LogP contribution >= 0.6 is 12.2 Å². The topological polar surface area (TPSA) is 106 Å². The van der Waals surface area contributed by atoms with Crippen molar-refractivity contribution in [2.75, 3.05) is 19.5 Å². The summed E-state index contributed by atoms with van der Waals surface area (Å²) in [6.07, 6.45) is 2.95. The molecular weight excluding hydrogens is 486 g/mol. The van der Waals surface area contributed by atoms with Crippen molar-refractivity contribution < 1.29 is 22.7 Å². The number of amides is 1. The lowest BCUT2D eigenvalue weighted by molar-refractivity contribution is -0.115. The molecule has 3 aromatic carbocycles. The summed E-state index contributed by atoms with van der Waals surface area (Å²) in [6, 6.07) is 20.5. The van der Waals surface area contributed by atoms with Gasteiger partial charge in [0.1, 0.15) is 0 Å². The van der Waals surface area contributed by atoms with Gasteiger partial charge in [-0.3, -0.25) is 10.1 Å². The molecule has 3 N–H and O–H groups in total. The molecule has 10 heteroatoms. The summed E-state index contributed by atoms with van der Waals surface area (Å²) < 4.78 is 38.0. The van der Waals surface area contributed by atoms with Crippen molar-refractivity contribution in [2.24, 2.45) is 0 Å². The molecule has 0 aliphatic heterocycles. The SMILES string of the molecule is COc1ccc(C=CC(=O)NC(=S)Nc2ccc(S(=O)(=O)NCc3ccccc3)cc2)cc1OC. The van der Waals surface area contributed by atoms with Crippen LogP contribution in [0.5, 0.6) is 11.5 Å². The van der Waals surface area contributed by atoms with E-state index in [1.807, 2.05) is 30.3 Å². The monoisotopic (exact) mass is 511 g/mol. The van der Waals surface area contributed by atoms with Gasteiger partial charge in [0.2, 0.25) is 15.9 Å². The molecule has 3 rings (SSSR count). The quantitative estimate of drug-likeness (QED) is 0.297. The van der Waals surface area contributed by atoms with Crippen molar-refractivity contribution in [3.8, 4) is 11.5 Å². The lowest BCUT2D eigenvalue weighted by Crippen LogP contribution is -2.32. The molecular formula is C25H25N3O5S2. The van der Waals surface area contributed by atoms with Gasteiger partial charge in [-0.2, -0.15) is 0 Å². The number of hydrogen-bond donors (Lipinski definition) is 3. The second-order valence-electron chi connectivity index (χ2n) is 7.23. The fourth-order valence-corrected chi connectivity index (χ4v) is 4.26. The van der Waals surface area contributed by atoms with Crippen LogP contribution in [0, 0.1) is 0 Å². The first kappa shape index (κ1) is 25.9. The molecule has 0 fully saturated rings. The maximum atomic E-state index is 12.5. The summed E-state index contributed by atoms with van der Waals surface area (Å²) >= 11 is 5.17. The molecule has 0 unspecified atom stereocenters. The molecule has 0 saturated carbocycles. The number of sulfonamides is 1. The first-order valence-electron chi connectivity index (χ1n) is 10.5. The summed E-state index contributed by atoms with van der Waals surface area (Å²) in [5.41, 5.74) is 2.13. The van der Waals surface area contributed by atoms with Crippen molar-refractivity contribution in [3.63, 3.8) is 0 Å². The molecule has 0 saturated heterocycles. The fourth-order valence-electron chi connectivity index (χ4n) is 3.02. The lowest BCUT2D eigenvalue weighted by Gasteiger charge is -2.10. The van der Waals surface area contributed by atoms with Crippen molar-refractivity contribution >= 4 is 45.0 Å². The molecule has 182 valence electrons. The van der Waals surface area contributed by atoms with E-state index in [2.05, 4.69) is 15.4 Å². The molecule has 0 atom stereocenters. The van der Waals surface area contributed by atoms with Gasteiger partial charge < -0.3 is 14.8 Å². The van der Waals surface area contributed by atoms with Gasteiger partial charge in [-0.05, 0) is 65.8 Å². The first-order valence-corrected chi connectivity index (χ1v) is 12.4. The van der Waals surface area contributed by atoms with Crippen LogP contribution in [0.4, 0.5) is 5.69 Å². The van der Waals surface area contributed by atoms with E-state index >= 15 is 0 Å². The van der Waals surface area contributed by atoms with Gasteiger partial charge >= 0.3 is 0 Å². The van der Waals surface area contributed by atoms with Gasteiger partial charge in [-0.15, -0.1) is 0 Å². The second kappa shape index (κ2) is 12.1. The summed E-state index contributed by atoms with van der Waals surface area (Å²) in [5.74, 6) is 0.708. The Morgan fingerprint density at radius 1 is 0.943 bits per heavy atom. The van der Waals surface area contributed by atoms with Crippen LogP contribution in [0.2, 0.25) is 0 Å². The van der Waals surface area contributed by atoms with E-state index in [1.165, 1.54) is 25.3 Å². The van der Waals surface area contributed by atoms with E-state index in [4.69, 9.17) is 21.7 Å². The zero-order chi connectivity index (χ0) is 25.3. The van der Waals surface area contributed by atoms with Crippen LogP contribution in [-0.4, -0.2) is 33.7 Å². The normalized spacial score (nSPS) is 11.1. The number of rotatable bonds is 9. The van der Waals surface area contributed by atoms with Gasteiger partial charge in [-0.25, -0.2) is 13.1 Å². The molecule has 1 amide bonds. The number of thiocarbonyl (C=S) groups is 1. The minimum atomic E-state index is -3.67. The van der Waals surface area contributed by atoms with Crippen molar-refractivity contribution in [1.29, 1.82) is 0 Å². The first-order chi connectivity index (χ1) is 16.8. The van der Waals surface area contributed by atoms with E-state index in [9.17, 15) is 13.2 Å². The smallest absolute Gasteiger partial charge is 0.250 e. The molecule has 35 heavy (non-hydrogen) atoms. The van der Waals surface area contributed by atoms with E-state index in [0.29, 0.717) is 17.2 Å². The minimum Gasteiger partial charge on any atom is -0.493 e. The number of anilines is 1. The summed E-state index contributed by atoms with van der Waals surface area (Å²) in [7, 11) is -0.593. The predicted molar refractivity (Wildman–Crippen MR) is 140 cm³/mol. The zero-order valence-corrected chi connectivity index (χ0v) is 20.8. The van der Waals surface area contributed by atoms with E-state index in [-0.39, 0.29) is 16.6 Å². The van der Waals surface area contributed by atoms with Crippen molar-refractivity contribution in [1.82, 2.24) is 10.0 Å². The Bertz CT molecular complexity index is 1310. The lowest BCUT2D eigenvalue weighted by atomic mass is 10.2. The third-order valence-corrected chi connectivity index (χ3v) is 6.42. The molecule has 0 spiro atoms. The summed E-state index contributed by atoms with van der Waals surface area (Å²) in [4.78, 5) is 12.3. The molecule has 0 aliphatic rings. The van der Waals surface area contributed by atoms with Crippen LogP contribution in [0.3, 0.4) is 0 Å². The Balaban J connectivity index is 1.53. The van der Waals surface area contributed by atoms with E-state index in [1.54, 1.807) is 43.5 Å². The Morgan fingerprint density at radius 2 is 1.63 bits per heavy atom. The third-order valence-electron chi connectivity index (χ3n) is 4.80. The van der Waals surface area contributed by atoms with Gasteiger partial charge in [0.05, 0.1) is 19.1 Å². The van der Waals surface area contributed by atoms with Crippen LogP contribution in [0.25, 0.3) is 6.08 Å². The van der Waals surface area contributed by atoms with Gasteiger partial charge in [0.15, 0.2) is 16.6 Å². The number of nitrogens with one attached hydrogen (secondary N) is 3. The van der Waals surface area contributed by atoms with Gasteiger partial charge in [0, 0.05) is 18.3 Å². The third kappa shape index (κ3) is 7.64. The largest absolute Gasteiger partial charge is 0.493 e. The molecule has 0 bridgehead atoms. The second-order valence-corrected chi connectivity index (χ2v) is 9.40. The fraction of sp³-hybridized carbons (Fsp3) is 0.120. The summed E-state index contributed by atoms with van der Waals surface area (Å²) in [5, 5.41) is 5.47. The highest BCUT2D eigenvalue weighted by Crippen LogP contribution is 2.27. The highest BCUT2D eigenvalue weighted by molar-refractivity contribution is 7.89. The zero-order valence-electron chi connectivity index (χ0n) is 19.1. The Labute approximate surface area is 210 Å². The number of hydrogen-bond acceptors (Lipinski definition) is 6. The number of carbonyl (C=O) groups excluding carboxylic acids is 1. The molecule has 0 radical (unpaired) electrons. The average molecular weight is 512 g/mol. The molecule has 0 aliphatic carbocycles. The number of carbonyl (C=O) groups is 1. The van der Waals surface area contributed by atoms with Crippen LogP contribution in [0.1, 0.15) is 11.1 Å². The maximum absolute atomic E-state index is 12.5. The molecule has 3 aromatic rings. The standard InChI is InChI=1S/C25H25N3O5S2/c1-32-22-14-8-18(16-23(22)33-2)9-15-24(29)28-25(34)27-20-10-12-21(13-11-20)35(30,31)26-17-19-6-4-3-5-7-19/h3-16,26H,17H2,1-2H3,(H2,27,28,29,34). The Hall–Kier alpha value is -3.73. The van der Waals surface area contributed by atoms with Crippen molar-refractivity contribution in [3.05, 3.63) is 90.0 Å². The highest BCUT2D eigenvalue weighted by Gasteiger charge is 2.13. The van der Waals surface area contributed by atoms with E-state index in [0.717, 1.165) is 11.1 Å². The number of benzene rings is 3. The van der Waals surface area contributed by atoms with Crippen LogP contribution in [0.15, 0.2) is 83.8 Å². The van der Waals surface area contributed by atoms with Gasteiger partial charge in [-0.1, -0.05) is 36.4 Å².